The number of nitriles is 1. The molecule has 1 aliphatic carbocycles. The molecule has 1 saturated carbocycles. The highest BCUT2D eigenvalue weighted by Crippen LogP contribution is 2.37. The monoisotopic (exact) mass is 402 g/mol. The summed E-state index contributed by atoms with van der Waals surface area (Å²) in [7, 11) is 0. The van der Waals surface area contributed by atoms with E-state index in [1.54, 1.807) is 0 Å². The largest absolute Gasteiger partial charge is 0.377 e. The smallest absolute Gasteiger partial charge is 0.103 e. The van der Waals surface area contributed by atoms with Crippen LogP contribution in [0.15, 0.2) is 30.7 Å². The lowest BCUT2D eigenvalue weighted by molar-refractivity contribution is -0.136. The Morgan fingerprint density at radius 1 is 1.10 bits per heavy atom. The van der Waals surface area contributed by atoms with E-state index in [2.05, 4.69) is 40.4 Å². The number of piperidine rings is 1. The van der Waals surface area contributed by atoms with E-state index in [9.17, 15) is 5.26 Å². The summed E-state index contributed by atoms with van der Waals surface area (Å²) in [6.45, 7) is 6.08. The number of fused-ring (bicyclic) bond motifs is 1. The zero-order chi connectivity index (χ0) is 20.3. The highest BCUT2D eigenvalue weighted by Gasteiger charge is 2.41. The maximum atomic E-state index is 9.81. The molecule has 0 bridgehead atoms. The van der Waals surface area contributed by atoms with Crippen LogP contribution < -0.4 is 0 Å². The molecule has 7 nitrogen and oxygen atoms in total. The number of likely N-dealkylation sites (tertiary alicyclic amines) is 1. The summed E-state index contributed by atoms with van der Waals surface area (Å²) in [4.78, 5) is 2.56. The SMILES string of the molecule is CC1(N2CCC(c3cc4c(cnn4-c4cnn(C5CC5)c4)cc3C#N)CC2)COC1. The summed E-state index contributed by atoms with van der Waals surface area (Å²) < 4.78 is 9.47. The molecule has 154 valence electrons. The normalized spacial score (nSPS) is 22.1. The van der Waals surface area contributed by atoms with Crippen LogP contribution in [0.2, 0.25) is 0 Å². The lowest BCUT2D eigenvalue weighted by Crippen LogP contribution is -2.61. The van der Waals surface area contributed by atoms with Gasteiger partial charge in [0.1, 0.15) is 5.69 Å². The third-order valence-corrected chi connectivity index (χ3v) is 7.14. The molecule has 4 heterocycles. The Morgan fingerprint density at radius 2 is 1.90 bits per heavy atom. The van der Waals surface area contributed by atoms with Gasteiger partial charge in [-0.25, -0.2) is 4.68 Å². The Labute approximate surface area is 175 Å². The van der Waals surface area contributed by atoms with Crippen LogP contribution in [0.3, 0.4) is 0 Å². The van der Waals surface area contributed by atoms with Crippen LogP contribution in [0.4, 0.5) is 0 Å². The van der Waals surface area contributed by atoms with E-state index in [4.69, 9.17) is 4.74 Å². The van der Waals surface area contributed by atoms with Crippen molar-refractivity contribution in [1.82, 2.24) is 24.5 Å². The molecule has 3 fully saturated rings. The van der Waals surface area contributed by atoms with Gasteiger partial charge in [-0.1, -0.05) is 0 Å². The molecule has 0 spiro atoms. The summed E-state index contributed by atoms with van der Waals surface area (Å²) >= 11 is 0. The fourth-order valence-electron chi connectivity index (χ4n) is 5.02. The fourth-order valence-corrected chi connectivity index (χ4v) is 5.02. The molecule has 6 rings (SSSR count). The first kappa shape index (κ1) is 18.1. The maximum Gasteiger partial charge on any atom is 0.103 e. The van der Waals surface area contributed by atoms with E-state index in [0.29, 0.717) is 12.0 Å². The van der Waals surface area contributed by atoms with Gasteiger partial charge in [-0.2, -0.15) is 15.5 Å². The third-order valence-electron chi connectivity index (χ3n) is 7.14. The third kappa shape index (κ3) is 2.86. The van der Waals surface area contributed by atoms with Gasteiger partial charge in [-0.05, 0) is 69.3 Å². The van der Waals surface area contributed by atoms with Crippen molar-refractivity contribution in [2.45, 2.75) is 50.1 Å². The summed E-state index contributed by atoms with van der Waals surface area (Å²) in [6, 6.07) is 7.19. The van der Waals surface area contributed by atoms with E-state index >= 15 is 0 Å². The average Bonchev–Trinajstić information content (AvgIpc) is 3.34. The van der Waals surface area contributed by atoms with Crippen molar-refractivity contribution in [3.8, 4) is 11.8 Å². The predicted molar refractivity (Wildman–Crippen MR) is 113 cm³/mol. The zero-order valence-electron chi connectivity index (χ0n) is 17.3. The minimum Gasteiger partial charge on any atom is -0.377 e. The molecule has 0 radical (unpaired) electrons. The van der Waals surface area contributed by atoms with Gasteiger partial charge in [0.25, 0.3) is 0 Å². The lowest BCUT2D eigenvalue weighted by Gasteiger charge is -2.50. The molecule has 0 N–H and O–H groups in total. The first-order valence-corrected chi connectivity index (χ1v) is 10.9. The van der Waals surface area contributed by atoms with Crippen molar-refractivity contribution in [1.29, 1.82) is 5.26 Å². The highest BCUT2D eigenvalue weighted by atomic mass is 16.5. The second-order valence-electron chi connectivity index (χ2n) is 9.33. The molecule has 0 unspecified atom stereocenters. The van der Waals surface area contributed by atoms with Crippen LogP contribution in [0, 0.1) is 11.3 Å². The van der Waals surface area contributed by atoms with Crippen LogP contribution in [0.5, 0.6) is 0 Å². The lowest BCUT2D eigenvalue weighted by atomic mass is 9.84. The zero-order valence-corrected chi connectivity index (χ0v) is 17.3. The average molecular weight is 403 g/mol. The van der Waals surface area contributed by atoms with Gasteiger partial charge in [0.05, 0.1) is 60.5 Å². The molecule has 2 aromatic heterocycles. The molecule has 3 aromatic rings. The van der Waals surface area contributed by atoms with Gasteiger partial charge >= 0.3 is 0 Å². The van der Waals surface area contributed by atoms with Crippen LogP contribution in [0.1, 0.15) is 55.7 Å². The van der Waals surface area contributed by atoms with Crippen molar-refractivity contribution >= 4 is 10.9 Å². The van der Waals surface area contributed by atoms with Crippen molar-refractivity contribution < 1.29 is 4.74 Å². The van der Waals surface area contributed by atoms with Crippen molar-refractivity contribution in [2.24, 2.45) is 0 Å². The number of nitrogens with zero attached hydrogens (tertiary/aromatic N) is 6. The number of aromatic nitrogens is 4. The Hall–Kier alpha value is -2.69. The topological polar surface area (TPSA) is 71.9 Å². The van der Waals surface area contributed by atoms with E-state index in [1.807, 2.05) is 27.8 Å². The Bertz CT molecular complexity index is 1140. The van der Waals surface area contributed by atoms with Crippen LogP contribution >= 0.6 is 0 Å². The van der Waals surface area contributed by atoms with E-state index in [0.717, 1.165) is 66.9 Å². The summed E-state index contributed by atoms with van der Waals surface area (Å²) in [6.07, 6.45) is 10.4. The van der Waals surface area contributed by atoms with Crippen molar-refractivity contribution in [3.63, 3.8) is 0 Å². The highest BCUT2D eigenvalue weighted by molar-refractivity contribution is 5.83. The predicted octanol–water partition coefficient (Wildman–Crippen LogP) is 3.40. The molecule has 0 amide bonds. The second-order valence-corrected chi connectivity index (χ2v) is 9.33. The maximum absolute atomic E-state index is 9.81. The quantitative estimate of drug-likeness (QED) is 0.669. The fraction of sp³-hybridized carbons (Fsp3) is 0.522. The van der Waals surface area contributed by atoms with Crippen molar-refractivity contribution in [2.75, 3.05) is 26.3 Å². The van der Waals surface area contributed by atoms with Gasteiger partial charge in [0, 0.05) is 5.39 Å². The van der Waals surface area contributed by atoms with Crippen molar-refractivity contribution in [3.05, 3.63) is 41.9 Å². The summed E-state index contributed by atoms with van der Waals surface area (Å²) in [5.74, 6) is 0.405. The number of ether oxygens (including phenoxy) is 1. The molecule has 30 heavy (non-hydrogen) atoms. The minimum atomic E-state index is 0.202. The van der Waals surface area contributed by atoms with E-state index in [-0.39, 0.29) is 5.54 Å². The number of benzene rings is 1. The Kier molecular flexibility index (Phi) is 4.02. The summed E-state index contributed by atoms with van der Waals surface area (Å²) in [5.41, 5.74) is 4.19. The Balaban J connectivity index is 1.32. The standard InChI is InChI=1S/C23H26N6O/c1-23(14-30-15-23)27-6-4-16(5-7-27)21-9-22-18(8-17(21)10-24)11-26-29(22)20-12-25-28(13-20)19-2-3-19/h8-9,11-13,16,19H,2-7,14-15H2,1H3. The molecule has 3 aliphatic rings. The number of rotatable bonds is 4. The molecule has 0 atom stereocenters. The molecular formula is C23H26N6O. The minimum absolute atomic E-state index is 0.202. The first-order chi connectivity index (χ1) is 14.6. The molecular weight excluding hydrogens is 376 g/mol. The van der Waals surface area contributed by atoms with E-state index in [1.165, 1.54) is 12.8 Å². The van der Waals surface area contributed by atoms with Gasteiger partial charge in [0.2, 0.25) is 0 Å². The van der Waals surface area contributed by atoms with Gasteiger partial charge in [0.15, 0.2) is 0 Å². The van der Waals surface area contributed by atoms with Crippen LogP contribution in [-0.4, -0.2) is 56.3 Å². The molecule has 2 saturated heterocycles. The number of hydrogen-bond acceptors (Lipinski definition) is 5. The van der Waals surface area contributed by atoms with Gasteiger partial charge in [-0.3, -0.25) is 9.58 Å². The Morgan fingerprint density at radius 3 is 2.57 bits per heavy atom. The van der Waals surface area contributed by atoms with Crippen LogP contribution in [0.25, 0.3) is 16.6 Å². The number of hydrogen-bond donors (Lipinski definition) is 0. The first-order valence-electron chi connectivity index (χ1n) is 10.9. The molecule has 7 heteroatoms. The van der Waals surface area contributed by atoms with E-state index < -0.39 is 0 Å². The molecule has 1 aromatic carbocycles. The van der Waals surface area contributed by atoms with Gasteiger partial charge in [-0.15, -0.1) is 0 Å². The van der Waals surface area contributed by atoms with Gasteiger partial charge < -0.3 is 4.74 Å². The second kappa shape index (κ2) is 6.66. The summed E-state index contributed by atoms with van der Waals surface area (Å²) in [5, 5.41) is 20.0. The van der Waals surface area contributed by atoms with Crippen LogP contribution in [-0.2, 0) is 4.74 Å². The molecule has 2 aliphatic heterocycles.